The molecule has 1 aliphatic rings. The summed E-state index contributed by atoms with van der Waals surface area (Å²) < 4.78 is 11.3. The van der Waals surface area contributed by atoms with Gasteiger partial charge in [-0.25, -0.2) is 0 Å². The van der Waals surface area contributed by atoms with Crippen molar-refractivity contribution in [2.24, 2.45) is 0 Å². The van der Waals surface area contributed by atoms with Gasteiger partial charge in [0.25, 0.3) is 0 Å². The SMILES string of the molecule is COC1CCC(C#N)(O[Si](C)(C)C)CC1. The highest BCUT2D eigenvalue weighted by molar-refractivity contribution is 6.69. The average molecular weight is 227 g/mol. The zero-order valence-corrected chi connectivity index (χ0v) is 11.2. The number of ether oxygens (including phenoxy) is 1. The fourth-order valence-electron chi connectivity index (χ4n) is 2.12. The Balaban J connectivity index is 2.62. The van der Waals surface area contributed by atoms with Gasteiger partial charge in [-0.05, 0) is 45.3 Å². The molecule has 0 heterocycles. The lowest BCUT2D eigenvalue weighted by atomic mass is 9.84. The molecule has 0 amide bonds. The van der Waals surface area contributed by atoms with Gasteiger partial charge in [-0.2, -0.15) is 5.26 Å². The minimum atomic E-state index is -1.63. The number of nitriles is 1. The molecular weight excluding hydrogens is 206 g/mol. The van der Waals surface area contributed by atoms with Gasteiger partial charge >= 0.3 is 0 Å². The molecule has 0 radical (unpaired) electrons. The largest absolute Gasteiger partial charge is 0.400 e. The van der Waals surface area contributed by atoms with E-state index in [1.165, 1.54) is 0 Å². The van der Waals surface area contributed by atoms with Crippen LogP contribution in [-0.2, 0) is 9.16 Å². The first kappa shape index (κ1) is 12.7. The van der Waals surface area contributed by atoms with Crippen molar-refractivity contribution in [3.05, 3.63) is 0 Å². The van der Waals surface area contributed by atoms with Crippen molar-refractivity contribution in [1.29, 1.82) is 5.26 Å². The summed E-state index contributed by atoms with van der Waals surface area (Å²) >= 11 is 0. The van der Waals surface area contributed by atoms with Gasteiger partial charge in [-0.3, -0.25) is 0 Å². The predicted octanol–water partition coefficient (Wildman–Crippen LogP) is 2.69. The molecule has 1 rings (SSSR count). The van der Waals surface area contributed by atoms with Crippen molar-refractivity contribution in [1.82, 2.24) is 0 Å². The van der Waals surface area contributed by atoms with E-state index in [4.69, 9.17) is 9.16 Å². The second-order valence-corrected chi connectivity index (χ2v) is 9.68. The molecule has 1 saturated carbocycles. The fraction of sp³-hybridized carbons (Fsp3) is 0.909. The molecular formula is C11H21NO2Si. The van der Waals surface area contributed by atoms with E-state index in [1.807, 2.05) is 0 Å². The van der Waals surface area contributed by atoms with E-state index < -0.39 is 13.9 Å². The van der Waals surface area contributed by atoms with Crippen LogP contribution in [0.5, 0.6) is 0 Å². The van der Waals surface area contributed by atoms with Crippen LogP contribution < -0.4 is 0 Å². The van der Waals surface area contributed by atoms with Crippen LogP contribution in [0.2, 0.25) is 19.6 Å². The first-order valence-corrected chi connectivity index (χ1v) is 8.96. The van der Waals surface area contributed by atoms with E-state index in [1.54, 1.807) is 7.11 Å². The van der Waals surface area contributed by atoms with E-state index in [-0.39, 0.29) is 0 Å². The zero-order chi connectivity index (χ0) is 11.5. The van der Waals surface area contributed by atoms with Crippen LogP contribution in [0, 0.1) is 11.3 Å². The second kappa shape index (κ2) is 4.65. The molecule has 0 aliphatic heterocycles. The summed E-state index contributed by atoms with van der Waals surface area (Å²) in [6, 6.07) is 2.38. The molecule has 15 heavy (non-hydrogen) atoms. The molecule has 4 heteroatoms. The van der Waals surface area contributed by atoms with Crippen molar-refractivity contribution in [3.63, 3.8) is 0 Å². The maximum absolute atomic E-state index is 9.27. The molecule has 0 aromatic rings. The van der Waals surface area contributed by atoms with Crippen LogP contribution in [0.4, 0.5) is 0 Å². The van der Waals surface area contributed by atoms with Crippen LogP contribution in [0.1, 0.15) is 25.7 Å². The third kappa shape index (κ3) is 3.60. The quantitative estimate of drug-likeness (QED) is 0.696. The highest BCUT2D eigenvalue weighted by Crippen LogP contribution is 2.34. The lowest BCUT2D eigenvalue weighted by Crippen LogP contribution is -2.45. The van der Waals surface area contributed by atoms with E-state index in [0.29, 0.717) is 6.10 Å². The standard InChI is InChI=1S/C11H21NO2Si/c1-13-10-5-7-11(9-12,8-6-10)14-15(2,3)4/h10H,5-8H2,1-4H3. The Hall–Kier alpha value is -0.373. The minimum Gasteiger partial charge on any atom is -0.400 e. The second-order valence-electron chi connectivity index (χ2n) is 5.26. The summed E-state index contributed by atoms with van der Waals surface area (Å²) in [5.74, 6) is 0. The first-order valence-electron chi connectivity index (χ1n) is 5.55. The van der Waals surface area contributed by atoms with Gasteiger partial charge in [0.15, 0.2) is 8.32 Å². The number of rotatable bonds is 3. The number of hydrogen-bond donors (Lipinski definition) is 0. The molecule has 0 spiro atoms. The third-order valence-electron chi connectivity index (χ3n) is 2.78. The molecule has 0 bridgehead atoms. The van der Waals surface area contributed by atoms with Crippen molar-refractivity contribution in [2.45, 2.75) is 57.0 Å². The van der Waals surface area contributed by atoms with Crippen molar-refractivity contribution < 1.29 is 9.16 Å². The molecule has 0 unspecified atom stereocenters. The third-order valence-corrected chi connectivity index (χ3v) is 3.78. The van der Waals surface area contributed by atoms with Crippen molar-refractivity contribution >= 4 is 8.32 Å². The maximum Gasteiger partial charge on any atom is 0.185 e. The normalized spacial score (nSPS) is 32.3. The van der Waals surface area contributed by atoms with Gasteiger partial charge in [0.2, 0.25) is 0 Å². The molecule has 0 aromatic heterocycles. The molecule has 3 nitrogen and oxygen atoms in total. The molecule has 0 atom stereocenters. The van der Waals surface area contributed by atoms with Crippen LogP contribution in [-0.4, -0.2) is 27.1 Å². The average Bonchev–Trinajstić information content (AvgIpc) is 2.16. The van der Waals surface area contributed by atoms with Crippen molar-refractivity contribution in [2.75, 3.05) is 7.11 Å². The smallest absolute Gasteiger partial charge is 0.185 e. The van der Waals surface area contributed by atoms with Crippen molar-refractivity contribution in [3.8, 4) is 6.07 Å². The highest BCUT2D eigenvalue weighted by atomic mass is 28.4. The molecule has 0 saturated heterocycles. The Morgan fingerprint density at radius 3 is 2.13 bits per heavy atom. The summed E-state index contributed by atoms with van der Waals surface area (Å²) in [5, 5.41) is 9.27. The van der Waals surface area contributed by atoms with Gasteiger partial charge in [-0.15, -0.1) is 0 Å². The minimum absolute atomic E-state index is 0.316. The predicted molar refractivity (Wildman–Crippen MR) is 62.0 cm³/mol. The van der Waals surface area contributed by atoms with Gasteiger partial charge in [0.05, 0.1) is 12.2 Å². The van der Waals surface area contributed by atoms with Crippen LogP contribution in [0.15, 0.2) is 0 Å². The Morgan fingerprint density at radius 1 is 1.27 bits per heavy atom. The van der Waals surface area contributed by atoms with Gasteiger partial charge in [0.1, 0.15) is 5.60 Å². The van der Waals surface area contributed by atoms with E-state index >= 15 is 0 Å². The highest BCUT2D eigenvalue weighted by Gasteiger charge is 2.39. The van der Waals surface area contributed by atoms with E-state index in [9.17, 15) is 5.26 Å². The monoisotopic (exact) mass is 227 g/mol. The number of nitrogens with zero attached hydrogens (tertiary/aromatic N) is 1. The summed E-state index contributed by atoms with van der Waals surface area (Å²) in [4.78, 5) is 0. The zero-order valence-electron chi connectivity index (χ0n) is 10.2. The Labute approximate surface area is 93.5 Å². The topological polar surface area (TPSA) is 42.2 Å². The Kier molecular flexibility index (Phi) is 3.93. The number of methoxy groups -OCH3 is 1. The van der Waals surface area contributed by atoms with Gasteiger partial charge < -0.3 is 9.16 Å². The Bertz CT molecular complexity index is 246. The molecule has 0 aromatic carbocycles. The molecule has 1 fully saturated rings. The van der Waals surface area contributed by atoms with E-state index in [0.717, 1.165) is 25.7 Å². The molecule has 86 valence electrons. The maximum atomic E-state index is 9.27. The fourth-order valence-corrected chi connectivity index (χ4v) is 3.54. The van der Waals surface area contributed by atoms with Gasteiger partial charge in [-0.1, -0.05) is 0 Å². The van der Waals surface area contributed by atoms with Crippen LogP contribution >= 0.6 is 0 Å². The van der Waals surface area contributed by atoms with Gasteiger partial charge in [0, 0.05) is 7.11 Å². The molecule has 0 N–H and O–H groups in total. The summed E-state index contributed by atoms with van der Waals surface area (Å²) in [6.45, 7) is 6.40. The Morgan fingerprint density at radius 2 is 1.80 bits per heavy atom. The molecule has 1 aliphatic carbocycles. The van der Waals surface area contributed by atoms with Crippen LogP contribution in [0.25, 0.3) is 0 Å². The summed E-state index contributed by atoms with van der Waals surface area (Å²) in [6.07, 6.45) is 3.82. The van der Waals surface area contributed by atoms with Crippen LogP contribution in [0.3, 0.4) is 0 Å². The van der Waals surface area contributed by atoms with E-state index in [2.05, 4.69) is 25.7 Å². The summed E-state index contributed by atoms with van der Waals surface area (Å²) in [5.41, 5.74) is -0.528. The summed E-state index contributed by atoms with van der Waals surface area (Å²) in [7, 11) is 0.106. The first-order chi connectivity index (χ1) is 6.91. The lowest BCUT2D eigenvalue weighted by molar-refractivity contribution is 0.000169. The number of hydrogen-bond acceptors (Lipinski definition) is 3. The lowest BCUT2D eigenvalue weighted by Gasteiger charge is -2.38.